The molecule has 0 unspecified atom stereocenters. The Labute approximate surface area is 87.6 Å². The van der Waals surface area contributed by atoms with Gasteiger partial charge in [-0.2, -0.15) is 0 Å². The Balaban J connectivity index is -0.000000143. The minimum absolute atomic E-state index is 0. The Kier molecular flexibility index (Phi) is 11.4. The number of hydrogen-bond donors (Lipinski definition) is 1. The Hall–Kier alpha value is -0.540. The lowest BCUT2D eigenvalue weighted by atomic mass is 10.3. The standard InChI is InChI=1S/C5H14N.C4H7NO.ClH/c1-5-6(2,3)4;1-3(2)4(5)6;/h5H2,1-4H3;1H2,2H3,(H2,5,6);1H/q+1;;/p-1. The zero-order valence-corrected chi connectivity index (χ0v) is 9.98. The Morgan fingerprint density at radius 1 is 1.38 bits per heavy atom. The minimum Gasteiger partial charge on any atom is -1.00 e. The van der Waals surface area contributed by atoms with Crippen molar-refractivity contribution in [2.24, 2.45) is 5.73 Å². The van der Waals surface area contributed by atoms with Gasteiger partial charge >= 0.3 is 0 Å². The molecule has 0 saturated carbocycles. The number of carbonyl (C=O) groups is 1. The highest BCUT2D eigenvalue weighted by molar-refractivity contribution is 5.90. The van der Waals surface area contributed by atoms with E-state index in [0.29, 0.717) is 5.57 Å². The van der Waals surface area contributed by atoms with E-state index in [-0.39, 0.29) is 12.4 Å². The number of primary amides is 1. The first-order valence-corrected chi connectivity index (χ1v) is 3.96. The second-order valence-electron chi connectivity index (χ2n) is 3.75. The zero-order chi connectivity index (χ0) is 10.4. The van der Waals surface area contributed by atoms with Gasteiger partial charge in [-0.05, 0) is 13.8 Å². The third kappa shape index (κ3) is 24.6. The predicted molar refractivity (Wildman–Crippen MR) is 52.6 cm³/mol. The van der Waals surface area contributed by atoms with Gasteiger partial charge in [0.1, 0.15) is 0 Å². The highest BCUT2D eigenvalue weighted by Crippen LogP contribution is 1.83. The number of halogens is 1. The molecule has 4 heteroatoms. The number of amides is 1. The first-order valence-electron chi connectivity index (χ1n) is 3.96. The van der Waals surface area contributed by atoms with Crippen molar-refractivity contribution >= 4 is 5.91 Å². The Bertz CT molecular complexity index is 149. The Morgan fingerprint density at radius 3 is 1.54 bits per heavy atom. The van der Waals surface area contributed by atoms with Gasteiger partial charge in [0.2, 0.25) is 5.91 Å². The first kappa shape index (κ1) is 18.3. The number of rotatable bonds is 2. The van der Waals surface area contributed by atoms with Crippen molar-refractivity contribution in [1.29, 1.82) is 0 Å². The lowest BCUT2D eigenvalue weighted by molar-refractivity contribution is -0.868. The molecule has 0 aliphatic carbocycles. The molecule has 13 heavy (non-hydrogen) atoms. The van der Waals surface area contributed by atoms with Crippen LogP contribution >= 0.6 is 0 Å². The summed E-state index contributed by atoms with van der Waals surface area (Å²) in [5, 5.41) is 0. The minimum atomic E-state index is -0.435. The molecule has 0 atom stereocenters. The molecule has 0 heterocycles. The van der Waals surface area contributed by atoms with Crippen LogP contribution in [-0.4, -0.2) is 38.1 Å². The molecule has 0 spiro atoms. The van der Waals surface area contributed by atoms with E-state index in [1.165, 1.54) is 6.54 Å². The average molecular weight is 209 g/mol. The summed E-state index contributed by atoms with van der Waals surface area (Å²) in [7, 11) is 6.54. The first-order chi connectivity index (χ1) is 5.20. The van der Waals surface area contributed by atoms with Gasteiger partial charge in [-0.25, -0.2) is 0 Å². The third-order valence-electron chi connectivity index (χ3n) is 1.37. The van der Waals surface area contributed by atoms with E-state index in [9.17, 15) is 4.79 Å². The van der Waals surface area contributed by atoms with Crippen LogP contribution in [0.1, 0.15) is 13.8 Å². The van der Waals surface area contributed by atoms with E-state index in [2.05, 4.69) is 34.6 Å². The molecule has 0 saturated heterocycles. The van der Waals surface area contributed by atoms with E-state index < -0.39 is 5.91 Å². The molecule has 0 aliphatic rings. The molecule has 2 N–H and O–H groups in total. The molecule has 0 radical (unpaired) electrons. The van der Waals surface area contributed by atoms with Crippen molar-refractivity contribution in [2.75, 3.05) is 27.7 Å². The van der Waals surface area contributed by atoms with E-state index in [4.69, 9.17) is 5.73 Å². The van der Waals surface area contributed by atoms with Crippen LogP contribution in [0.4, 0.5) is 0 Å². The van der Waals surface area contributed by atoms with Gasteiger partial charge in [0.25, 0.3) is 0 Å². The quantitative estimate of drug-likeness (QED) is 0.405. The fourth-order valence-corrected chi connectivity index (χ4v) is 0. The number of carbonyl (C=O) groups excluding carboxylic acids is 1. The Morgan fingerprint density at radius 2 is 1.54 bits per heavy atom. The van der Waals surface area contributed by atoms with E-state index >= 15 is 0 Å². The predicted octanol–water partition coefficient (Wildman–Crippen LogP) is -2.24. The van der Waals surface area contributed by atoms with Gasteiger partial charge in [-0.15, -0.1) is 0 Å². The molecule has 80 valence electrons. The fourth-order valence-electron chi connectivity index (χ4n) is 0. The second kappa shape index (κ2) is 8.08. The van der Waals surface area contributed by atoms with E-state index in [1.807, 2.05) is 0 Å². The molecular weight excluding hydrogens is 188 g/mol. The van der Waals surface area contributed by atoms with Crippen LogP contribution in [0, 0.1) is 0 Å². The topological polar surface area (TPSA) is 43.1 Å². The maximum Gasteiger partial charge on any atom is 0.243 e. The number of nitrogens with zero attached hydrogens (tertiary/aromatic N) is 1. The maximum atomic E-state index is 9.82. The van der Waals surface area contributed by atoms with Crippen LogP contribution in [0.25, 0.3) is 0 Å². The van der Waals surface area contributed by atoms with Crippen LogP contribution in [0.2, 0.25) is 0 Å². The van der Waals surface area contributed by atoms with Crippen LogP contribution in [-0.2, 0) is 4.79 Å². The van der Waals surface area contributed by atoms with Gasteiger partial charge in [-0.1, -0.05) is 6.58 Å². The van der Waals surface area contributed by atoms with Gasteiger partial charge in [0.05, 0.1) is 27.7 Å². The summed E-state index contributed by atoms with van der Waals surface area (Å²) in [5.74, 6) is -0.435. The molecule has 0 aliphatic heterocycles. The summed E-state index contributed by atoms with van der Waals surface area (Å²) < 4.78 is 1.07. The lowest BCUT2D eigenvalue weighted by Gasteiger charge is -2.20. The fraction of sp³-hybridized carbons (Fsp3) is 0.667. The van der Waals surface area contributed by atoms with Crippen molar-refractivity contribution in [3.05, 3.63) is 12.2 Å². The highest BCUT2D eigenvalue weighted by Gasteiger charge is 1.97. The number of nitrogens with two attached hydrogens (primary N) is 1. The van der Waals surface area contributed by atoms with Crippen LogP contribution in [0.3, 0.4) is 0 Å². The zero-order valence-electron chi connectivity index (χ0n) is 9.22. The van der Waals surface area contributed by atoms with Gasteiger partial charge < -0.3 is 22.6 Å². The summed E-state index contributed by atoms with van der Waals surface area (Å²) in [4.78, 5) is 9.82. The van der Waals surface area contributed by atoms with Crippen LogP contribution in [0.5, 0.6) is 0 Å². The molecule has 0 bridgehead atoms. The normalized spacial score (nSPS) is 9.00. The molecule has 0 rings (SSSR count). The van der Waals surface area contributed by atoms with E-state index in [0.717, 1.165) is 4.48 Å². The molecule has 3 nitrogen and oxygen atoms in total. The number of hydrogen-bond acceptors (Lipinski definition) is 1. The second-order valence-corrected chi connectivity index (χ2v) is 3.75. The highest BCUT2D eigenvalue weighted by atomic mass is 35.5. The van der Waals surface area contributed by atoms with Gasteiger partial charge in [-0.3, -0.25) is 4.79 Å². The summed E-state index contributed by atoms with van der Waals surface area (Å²) >= 11 is 0. The van der Waals surface area contributed by atoms with Crippen LogP contribution in [0.15, 0.2) is 12.2 Å². The van der Waals surface area contributed by atoms with Crippen molar-refractivity contribution in [2.45, 2.75) is 13.8 Å². The molecular formula is C9H21ClN2O. The van der Waals surface area contributed by atoms with Crippen molar-refractivity contribution in [3.8, 4) is 0 Å². The molecule has 0 aromatic carbocycles. The largest absolute Gasteiger partial charge is 1.00 e. The van der Waals surface area contributed by atoms with Crippen molar-refractivity contribution < 1.29 is 21.7 Å². The van der Waals surface area contributed by atoms with E-state index in [1.54, 1.807) is 6.92 Å². The average Bonchev–Trinajstić information content (AvgIpc) is 1.87. The molecule has 0 fully saturated rings. The SMILES string of the molecule is C=C(C)C(N)=O.CC[N+](C)(C)C.[Cl-]. The summed E-state index contributed by atoms with van der Waals surface area (Å²) in [6.45, 7) is 8.24. The summed E-state index contributed by atoms with van der Waals surface area (Å²) in [6, 6.07) is 0. The van der Waals surface area contributed by atoms with Crippen molar-refractivity contribution in [3.63, 3.8) is 0 Å². The number of quaternary nitrogens is 1. The smallest absolute Gasteiger partial charge is 0.243 e. The monoisotopic (exact) mass is 208 g/mol. The van der Waals surface area contributed by atoms with Crippen LogP contribution < -0.4 is 18.1 Å². The third-order valence-corrected chi connectivity index (χ3v) is 1.37. The van der Waals surface area contributed by atoms with Crippen molar-refractivity contribution in [1.82, 2.24) is 0 Å². The summed E-state index contributed by atoms with van der Waals surface area (Å²) in [6.07, 6.45) is 0. The summed E-state index contributed by atoms with van der Waals surface area (Å²) in [5.41, 5.74) is 5.09. The van der Waals surface area contributed by atoms with Gasteiger partial charge in [0, 0.05) is 5.57 Å². The molecule has 0 aromatic heterocycles. The molecule has 1 amide bonds. The maximum absolute atomic E-state index is 9.82. The van der Waals surface area contributed by atoms with Gasteiger partial charge in [0.15, 0.2) is 0 Å². The lowest BCUT2D eigenvalue weighted by Crippen LogP contribution is -3.00. The molecule has 0 aromatic rings.